The third-order valence-corrected chi connectivity index (χ3v) is 6.15. The Hall–Kier alpha value is -3.13. The molecule has 0 saturated carbocycles. The minimum Gasteiger partial charge on any atom is -0.507 e. The number of phenols is 1. The molecule has 2 aromatic heterocycles. The molecular formula is C25H33N5O3. The van der Waals surface area contributed by atoms with Gasteiger partial charge in [-0.05, 0) is 71.7 Å². The first-order chi connectivity index (χ1) is 15.5. The minimum absolute atomic E-state index is 0.0254. The number of rotatable bonds is 5. The van der Waals surface area contributed by atoms with Gasteiger partial charge in [0.1, 0.15) is 23.0 Å². The molecule has 33 heavy (non-hydrogen) atoms. The average Bonchev–Trinajstić information content (AvgIpc) is 3.17. The summed E-state index contributed by atoms with van der Waals surface area (Å²) in [6, 6.07) is 7.52. The standard InChI is InChI=1S/C25H33N5O3/c1-15-14-26-23(33-15)16-10-19(31)22(20(11-16)32-7)18-8-9-21(28-27-18)30(6)17-12-24(2,3)29-25(4,5)13-17/h8-11,14,17,29,31H,12-13H2,1-7H3. The topological polar surface area (TPSA) is 96.5 Å². The van der Waals surface area contributed by atoms with Crippen LogP contribution in [0.1, 0.15) is 46.3 Å². The second kappa shape index (κ2) is 8.33. The molecule has 176 valence electrons. The van der Waals surface area contributed by atoms with E-state index in [1.165, 1.54) is 0 Å². The number of piperidine rings is 1. The van der Waals surface area contributed by atoms with Gasteiger partial charge in [0.2, 0.25) is 5.89 Å². The van der Waals surface area contributed by atoms with Crippen LogP contribution in [0.5, 0.6) is 11.5 Å². The number of aryl methyl sites for hydroxylation is 1. The fourth-order valence-corrected chi connectivity index (χ4v) is 5.01. The van der Waals surface area contributed by atoms with Crippen LogP contribution in [0.2, 0.25) is 0 Å². The fraction of sp³-hybridized carbons (Fsp3) is 0.480. The number of phenolic OH excluding ortho intramolecular Hbond substituents is 1. The summed E-state index contributed by atoms with van der Waals surface area (Å²) in [7, 11) is 3.62. The molecule has 8 heteroatoms. The Balaban J connectivity index is 1.62. The van der Waals surface area contributed by atoms with E-state index in [1.54, 1.807) is 25.4 Å². The Labute approximate surface area is 195 Å². The van der Waals surface area contributed by atoms with Crippen molar-refractivity contribution >= 4 is 5.82 Å². The van der Waals surface area contributed by atoms with E-state index < -0.39 is 0 Å². The van der Waals surface area contributed by atoms with E-state index in [2.05, 4.69) is 60.1 Å². The van der Waals surface area contributed by atoms with Crippen LogP contribution in [0.4, 0.5) is 5.82 Å². The van der Waals surface area contributed by atoms with E-state index in [9.17, 15) is 5.11 Å². The van der Waals surface area contributed by atoms with Crippen molar-refractivity contribution in [2.45, 2.75) is 64.6 Å². The Morgan fingerprint density at radius 1 is 1.12 bits per heavy atom. The largest absolute Gasteiger partial charge is 0.507 e. The summed E-state index contributed by atoms with van der Waals surface area (Å²) in [6.45, 7) is 10.8. The predicted molar refractivity (Wildman–Crippen MR) is 129 cm³/mol. The third-order valence-electron chi connectivity index (χ3n) is 6.15. The van der Waals surface area contributed by atoms with E-state index in [0.717, 1.165) is 18.7 Å². The first kappa shape index (κ1) is 23.0. The lowest BCUT2D eigenvalue weighted by Crippen LogP contribution is -2.62. The maximum absolute atomic E-state index is 10.8. The molecule has 1 aliphatic rings. The predicted octanol–water partition coefficient (Wildman–Crippen LogP) is 4.57. The summed E-state index contributed by atoms with van der Waals surface area (Å²) in [5.41, 5.74) is 1.71. The number of oxazole rings is 1. The Morgan fingerprint density at radius 2 is 1.82 bits per heavy atom. The van der Waals surface area contributed by atoms with Gasteiger partial charge in [-0.25, -0.2) is 4.98 Å². The highest BCUT2D eigenvalue weighted by molar-refractivity contribution is 5.78. The normalized spacial score (nSPS) is 17.7. The van der Waals surface area contributed by atoms with E-state index in [0.29, 0.717) is 40.3 Å². The van der Waals surface area contributed by atoms with E-state index >= 15 is 0 Å². The number of aromatic hydroxyl groups is 1. The lowest BCUT2D eigenvalue weighted by atomic mass is 9.79. The first-order valence-corrected chi connectivity index (χ1v) is 11.2. The van der Waals surface area contributed by atoms with Crippen molar-refractivity contribution in [2.24, 2.45) is 0 Å². The summed E-state index contributed by atoms with van der Waals surface area (Å²) >= 11 is 0. The highest BCUT2D eigenvalue weighted by Crippen LogP contribution is 2.41. The molecule has 1 fully saturated rings. The molecule has 0 unspecified atom stereocenters. The lowest BCUT2D eigenvalue weighted by molar-refractivity contribution is 0.160. The third kappa shape index (κ3) is 4.80. The van der Waals surface area contributed by atoms with Gasteiger partial charge in [0.25, 0.3) is 0 Å². The number of aromatic nitrogens is 3. The number of anilines is 1. The maximum atomic E-state index is 10.8. The summed E-state index contributed by atoms with van der Waals surface area (Å²) < 4.78 is 11.1. The number of nitrogens with zero attached hydrogens (tertiary/aromatic N) is 4. The Bertz CT molecular complexity index is 1120. The van der Waals surface area contributed by atoms with Gasteiger partial charge in [-0.2, -0.15) is 0 Å². The molecule has 2 N–H and O–H groups in total. The molecule has 3 aromatic rings. The SMILES string of the molecule is COc1cc(-c2ncc(C)o2)cc(O)c1-c1ccc(N(C)C2CC(C)(C)NC(C)(C)C2)nn1. The van der Waals surface area contributed by atoms with Crippen molar-refractivity contribution in [3.63, 3.8) is 0 Å². The van der Waals surface area contributed by atoms with E-state index in [4.69, 9.17) is 9.15 Å². The van der Waals surface area contributed by atoms with Crippen LogP contribution >= 0.6 is 0 Å². The monoisotopic (exact) mass is 451 g/mol. The lowest BCUT2D eigenvalue weighted by Gasteiger charge is -2.49. The second-order valence-corrected chi connectivity index (χ2v) is 10.2. The molecule has 3 heterocycles. The van der Waals surface area contributed by atoms with Crippen LogP contribution in [0.15, 0.2) is 34.9 Å². The zero-order chi connectivity index (χ0) is 24.0. The molecule has 0 bridgehead atoms. The molecule has 1 aliphatic heterocycles. The van der Waals surface area contributed by atoms with Crippen LogP contribution in [-0.2, 0) is 0 Å². The van der Waals surface area contributed by atoms with Crippen molar-refractivity contribution in [3.8, 4) is 34.2 Å². The number of benzene rings is 1. The van der Waals surface area contributed by atoms with Gasteiger partial charge in [-0.3, -0.25) is 0 Å². The van der Waals surface area contributed by atoms with Crippen LogP contribution in [0.3, 0.4) is 0 Å². The molecule has 0 radical (unpaired) electrons. The first-order valence-electron chi connectivity index (χ1n) is 11.2. The second-order valence-electron chi connectivity index (χ2n) is 10.2. The fourth-order valence-electron chi connectivity index (χ4n) is 5.01. The molecule has 1 saturated heterocycles. The highest BCUT2D eigenvalue weighted by Gasteiger charge is 2.39. The van der Waals surface area contributed by atoms with Crippen molar-refractivity contribution in [3.05, 3.63) is 36.2 Å². The van der Waals surface area contributed by atoms with Gasteiger partial charge in [-0.15, -0.1) is 10.2 Å². The van der Waals surface area contributed by atoms with Gasteiger partial charge >= 0.3 is 0 Å². The van der Waals surface area contributed by atoms with Crippen molar-refractivity contribution in [1.29, 1.82) is 0 Å². The molecule has 0 amide bonds. The number of hydrogen-bond acceptors (Lipinski definition) is 8. The number of methoxy groups -OCH3 is 1. The van der Waals surface area contributed by atoms with Crippen molar-refractivity contribution in [2.75, 3.05) is 19.1 Å². The van der Waals surface area contributed by atoms with Gasteiger partial charge in [0.05, 0.1) is 18.9 Å². The van der Waals surface area contributed by atoms with Crippen LogP contribution in [-0.4, -0.2) is 51.6 Å². The summed E-state index contributed by atoms with van der Waals surface area (Å²) in [5.74, 6) is 2.40. The van der Waals surface area contributed by atoms with Gasteiger partial charge in [0, 0.05) is 29.7 Å². The molecule has 0 atom stereocenters. The molecule has 1 aromatic carbocycles. The summed E-state index contributed by atoms with van der Waals surface area (Å²) in [5, 5.41) is 23.4. The highest BCUT2D eigenvalue weighted by atomic mass is 16.5. The maximum Gasteiger partial charge on any atom is 0.226 e. The van der Waals surface area contributed by atoms with Crippen LogP contribution in [0, 0.1) is 6.92 Å². The minimum atomic E-state index is 0.0254. The van der Waals surface area contributed by atoms with E-state index in [-0.39, 0.29) is 16.8 Å². The van der Waals surface area contributed by atoms with Crippen molar-refractivity contribution in [1.82, 2.24) is 20.5 Å². The van der Waals surface area contributed by atoms with Crippen LogP contribution < -0.4 is 15.0 Å². The van der Waals surface area contributed by atoms with Crippen molar-refractivity contribution < 1.29 is 14.3 Å². The van der Waals surface area contributed by atoms with Gasteiger partial charge < -0.3 is 24.5 Å². The molecule has 0 spiro atoms. The zero-order valence-electron chi connectivity index (χ0n) is 20.4. The number of hydrogen-bond donors (Lipinski definition) is 2. The Kier molecular flexibility index (Phi) is 5.82. The molecular weight excluding hydrogens is 418 g/mol. The van der Waals surface area contributed by atoms with Gasteiger partial charge in [0.15, 0.2) is 5.82 Å². The smallest absolute Gasteiger partial charge is 0.226 e. The molecule has 0 aliphatic carbocycles. The number of ether oxygens (including phenoxy) is 1. The summed E-state index contributed by atoms with van der Waals surface area (Å²) in [6.07, 6.45) is 3.65. The Morgan fingerprint density at radius 3 is 2.36 bits per heavy atom. The van der Waals surface area contributed by atoms with E-state index in [1.807, 2.05) is 19.1 Å². The molecule has 8 nitrogen and oxygen atoms in total. The van der Waals surface area contributed by atoms with Gasteiger partial charge in [-0.1, -0.05) is 0 Å². The van der Waals surface area contributed by atoms with Crippen LogP contribution in [0.25, 0.3) is 22.7 Å². The molecule has 4 rings (SSSR count). The average molecular weight is 452 g/mol. The quantitative estimate of drug-likeness (QED) is 0.582. The summed E-state index contributed by atoms with van der Waals surface area (Å²) in [4.78, 5) is 6.43. The zero-order valence-corrected chi connectivity index (χ0v) is 20.4. The number of nitrogens with one attached hydrogen (secondary N) is 1.